The van der Waals surface area contributed by atoms with Crippen LogP contribution >= 0.6 is 0 Å². The number of nitriles is 1. The summed E-state index contributed by atoms with van der Waals surface area (Å²) in [5, 5.41) is 16.5. The Morgan fingerprint density at radius 3 is 2.59 bits per heavy atom. The van der Waals surface area contributed by atoms with Crippen molar-refractivity contribution < 1.29 is 4.79 Å². The van der Waals surface area contributed by atoms with Crippen LogP contribution in [0.5, 0.6) is 0 Å². The molecule has 1 aromatic rings. The van der Waals surface area contributed by atoms with Gasteiger partial charge in [0.2, 0.25) is 0 Å². The molecule has 2 N–H and O–H groups in total. The SMILES string of the molecule is N#CC1CCN(c2ccc(C(N)=O)nn2)CC1. The molecule has 1 saturated heterocycles. The van der Waals surface area contributed by atoms with E-state index in [0.717, 1.165) is 31.7 Å². The van der Waals surface area contributed by atoms with Crippen molar-refractivity contribution in [2.24, 2.45) is 11.7 Å². The van der Waals surface area contributed by atoms with E-state index in [1.165, 1.54) is 0 Å². The Labute approximate surface area is 99.0 Å². The van der Waals surface area contributed by atoms with Crippen LogP contribution in [0.15, 0.2) is 12.1 Å². The molecule has 0 bridgehead atoms. The number of aromatic nitrogens is 2. The lowest BCUT2D eigenvalue weighted by Crippen LogP contribution is -2.34. The van der Waals surface area contributed by atoms with Gasteiger partial charge >= 0.3 is 0 Å². The van der Waals surface area contributed by atoms with Crippen LogP contribution in [0.3, 0.4) is 0 Å². The van der Waals surface area contributed by atoms with Gasteiger partial charge in [0.05, 0.1) is 6.07 Å². The maximum Gasteiger partial charge on any atom is 0.269 e. The third-order valence-corrected chi connectivity index (χ3v) is 2.90. The molecular weight excluding hydrogens is 218 g/mol. The minimum absolute atomic E-state index is 0.143. The molecule has 6 nitrogen and oxygen atoms in total. The number of carbonyl (C=O) groups is 1. The first-order valence-electron chi connectivity index (χ1n) is 5.49. The zero-order valence-electron chi connectivity index (χ0n) is 9.33. The number of carbonyl (C=O) groups excluding carboxylic acids is 1. The molecule has 1 aliphatic rings. The Morgan fingerprint density at radius 2 is 2.12 bits per heavy atom. The summed E-state index contributed by atoms with van der Waals surface area (Å²) in [4.78, 5) is 12.9. The van der Waals surface area contributed by atoms with Crippen LogP contribution in [0.4, 0.5) is 5.82 Å². The van der Waals surface area contributed by atoms with Gasteiger partial charge in [-0.25, -0.2) is 0 Å². The van der Waals surface area contributed by atoms with Gasteiger partial charge in [-0.05, 0) is 25.0 Å². The highest BCUT2D eigenvalue weighted by Gasteiger charge is 2.20. The van der Waals surface area contributed by atoms with Crippen LogP contribution < -0.4 is 10.6 Å². The van der Waals surface area contributed by atoms with Gasteiger partial charge in [0.1, 0.15) is 0 Å². The van der Waals surface area contributed by atoms with Crippen molar-refractivity contribution in [1.82, 2.24) is 10.2 Å². The van der Waals surface area contributed by atoms with E-state index in [-0.39, 0.29) is 11.6 Å². The molecule has 2 rings (SSSR count). The third kappa shape index (κ3) is 2.50. The smallest absolute Gasteiger partial charge is 0.269 e. The number of amides is 1. The molecule has 0 saturated carbocycles. The van der Waals surface area contributed by atoms with Gasteiger partial charge in [-0.3, -0.25) is 4.79 Å². The minimum Gasteiger partial charge on any atom is -0.364 e. The van der Waals surface area contributed by atoms with Gasteiger partial charge in [0, 0.05) is 19.0 Å². The number of rotatable bonds is 2. The predicted molar refractivity (Wildman–Crippen MR) is 61.1 cm³/mol. The number of primary amides is 1. The van der Waals surface area contributed by atoms with E-state index in [4.69, 9.17) is 11.0 Å². The fourth-order valence-electron chi connectivity index (χ4n) is 1.86. The molecule has 2 heterocycles. The first-order valence-corrected chi connectivity index (χ1v) is 5.49. The second-order valence-corrected chi connectivity index (χ2v) is 4.03. The number of piperidine rings is 1. The summed E-state index contributed by atoms with van der Waals surface area (Å²) in [5.74, 6) is 0.294. The van der Waals surface area contributed by atoms with Gasteiger partial charge in [0.25, 0.3) is 5.91 Å². The lowest BCUT2D eigenvalue weighted by atomic mass is 9.99. The first kappa shape index (κ1) is 11.3. The van der Waals surface area contributed by atoms with Gasteiger partial charge in [-0.2, -0.15) is 5.26 Å². The molecule has 0 aliphatic carbocycles. The van der Waals surface area contributed by atoms with Gasteiger partial charge in [0.15, 0.2) is 11.5 Å². The molecule has 0 aromatic carbocycles. The highest BCUT2D eigenvalue weighted by molar-refractivity contribution is 5.90. The molecule has 0 radical (unpaired) electrons. The van der Waals surface area contributed by atoms with Crippen LogP contribution in [0.2, 0.25) is 0 Å². The van der Waals surface area contributed by atoms with Crippen molar-refractivity contribution in [3.63, 3.8) is 0 Å². The lowest BCUT2D eigenvalue weighted by Gasteiger charge is -2.29. The maximum absolute atomic E-state index is 10.8. The standard InChI is InChI=1S/C11H13N5O/c12-7-8-3-5-16(6-4-8)10-2-1-9(11(13)17)14-15-10/h1-2,8H,3-6H2,(H2,13,17). The van der Waals surface area contributed by atoms with Crippen molar-refractivity contribution in [2.45, 2.75) is 12.8 Å². The predicted octanol–water partition coefficient (Wildman–Crippen LogP) is 0.315. The van der Waals surface area contributed by atoms with Crippen LogP contribution in [0.25, 0.3) is 0 Å². The van der Waals surface area contributed by atoms with E-state index in [2.05, 4.69) is 21.2 Å². The monoisotopic (exact) mass is 231 g/mol. The van der Waals surface area contributed by atoms with Crippen LogP contribution in [0, 0.1) is 17.2 Å². The quantitative estimate of drug-likeness (QED) is 0.790. The molecule has 1 aromatic heterocycles. The van der Waals surface area contributed by atoms with E-state index in [1.54, 1.807) is 12.1 Å². The van der Waals surface area contributed by atoms with Crippen molar-refractivity contribution in [3.8, 4) is 6.07 Å². The topological polar surface area (TPSA) is 95.9 Å². The number of hydrogen-bond acceptors (Lipinski definition) is 5. The van der Waals surface area contributed by atoms with E-state index in [0.29, 0.717) is 0 Å². The second kappa shape index (κ2) is 4.78. The summed E-state index contributed by atoms with van der Waals surface area (Å²) >= 11 is 0. The van der Waals surface area contributed by atoms with Crippen LogP contribution in [0.1, 0.15) is 23.3 Å². The summed E-state index contributed by atoms with van der Waals surface area (Å²) in [6.45, 7) is 1.59. The Kier molecular flexibility index (Phi) is 3.19. The molecule has 1 aliphatic heterocycles. The molecule has 0 spiro atoms. The second-order valence-electron chi connectivity index (χ2n) is 4.03. The number of hydrogen-bond donors (Lipinski definition) is 1. The fourth-order valence-corrected chi connectivity index (χ4v) is 1.86. The molecule has 0 unspecified atom stereocenters. The first-order chi connectivity index (χ1) is 8.20. The van der Waals surface area contributed by atoms with Crippen molar-refractivity contribution in [1.29, 1.82) is 5.26 Å². The zero-order chi connectivity index (χ0) is 12.3. The van der Waals surface area contributed by atoms with Gasteiger partial charge < -0.3 is 10.6 Å². The highest BCUT2D eigenvalue weighted by Crippen LogP contribution is 2.20. The normalized spacial score (nSPS) is 16.5. The minimum atomic E-state index is -0.577. The third-order valence-electron chi connectivity index (χ3n) is 2.90. The van der Waals surface area contributed by atoms with Gasteiger partial charge in [-0.15, -0.1) is 10.2 Å². The molecule has 1 fully saturated rings. The van der Waals surface area contributed by atoms with Crippen molar-refractivity contribution >= 4 is 11.7 Å². The number of anilines is 1. The Morgan fingerprint density at radius 1 is 1.41 bits per heavy atom. The highest BCUT2D eigenvalue weighted by atomic mass is 16.1. The molecule has 88 valence electrons. The molecule has 6 heteroatoms. The van der Waals surface area contributed by atoms with Gasteiger partial charge in [-0.1, -0.05) is 0 Å². The Bertz CT molecular complexity index is 442. The summed E-state index contributed by atoms with van der Waals surface area (Å²) in [5.41, 5.74) is 5.25. The van der Waals surface area contributed by atoms with Crippen LogP contribution in [-0.2, 0) is 0 Å². The molecule has 0 atom stereocenters. The largest absolute Gasteiger partial charge is 0.364 e. The van der Waals surface area contributed by atoms with E-state index in [1.807, 2.05) is 0 Å². The summed E-state index contributed by atoms with van der Waals surface area (Å²) < 4.78 is 0. The van der Waals surface area contributed by atoms with Crippen molar-refractivity contribution in [3.05, 3.63) is 17.8 Å². The summed E-state index contributed by atoms with van der Waals surface area (Å²) in [6.07, 6.45) is 1.69. The zero-order valence-corrected chi connectivity index (χ0v) is 9.33. The Hall–Kier alpha value is -2.16. The fraction of sp³-hybridized carbons (Fsp3) is 0.455. The van der Waals surface area contributed by atoms with Crippen LogP contribution in [-0.4, -0.2) is 29.2 Å². The number of nitrogens with two attached hydrogens (primary N) is 1. The van der Waals surface area contributed by atoms with E-state index in [9.17, 15) is 4.79 Å². The summed E-state index contributed by atoms with van der Waals surface area (Å²) in [7, 11) is 0. The average Bonchev–Trinajstić information content (AvgIpc) is 2.39. The average molecular weight is 231 g/mol. The summed E-state index contributed by atoms with van der Waals surface area (Å²) in [6, 6.07) is 5.58. The number of nitrogens with zero attached hydrogens (tertiary/aromatic N) is 4. The maximum atomic E-state index is 10.8. The molecule has 1 amide bonds. The lowest BCUT2D eigenvalue weighted by molar-refractivity contribution is 0.0994. The van der Waals surface area contributed by atoms with E-state index >= 15 is 0 Å². The van der Waals surface area contributed by atoms with E-state index < -0.39 is 5.91 Å². The molecular formula is C11H13N5O. The Balaban J connectivity index is 2.04. The van der Waals surface area contributed by atoms with Crippen molar-refractivity contribution in [2.75, 3.05) is 18.0 Å². The molecule has 17 heavy (non-hydrogen) atoms.